The zero-order chi connectivity index (χ0) is 13.8. The zero-order valence-electron chi connectivity index (χ0n) is 10.9. The van der Waals surface area contributed by atoms with Crippen LogP contribution in [0.1, 0.15) is 12.5 Å². The maximum Gasteiger partial charge on any atom is 0.239 e. The summed E-state index contributed by atoms with van der Waals surface area (Å²) in [5.41, 5.74) is 4.78. The van der Waals surface area contributed by atoms with Gasteiger partial charge in [0.2, 0.25) is 5.95 Å². The van der Waals surface area contributed by atoms with Crippen LogP contribution in [-0.4, -0.2) is 16.5 Å². The minimum atomic E-state index is 0.394. The molecular weight excluding hydrogens is 306 g/mol. The Labute approximate surface area is 121 Å². The maximum atomic E-state index is 5.37. The van der Waals surface area contributed by atoms with Crippen molar-refractivity contribution in [1.29, 1.82) is 0 Å². The first-order valence-corrected chi connectivity index (χ1v) is 6.79. The van der Waals surface area contributed by atoms with Crippen molar-refractivity contribution in [3.05, 3.63) is 40.5 Å². The first-order chi connectivity index (χ1) is 9.17. The molecular formula is C13H16BrN5. The third kappa shape index (κ3) is 2.85. The molecule has 19 heavy (non-hydrogen) atoms. The van der Waals surface area contributed by atoms with Crippen molar-refractivity contribution in [2.75, 3.05) is 16.9 Å². The van der Waals surface area contributed by atoms with E-state index in [9.17, 15) is 0 Å². The quantitative estimate of drug-likeness (QED) is 0.669. The number of aryl methyl sites for hydroxylation is 1. The molecule has 0 atom stereocenters. The van der Waals surface area contributed by atoms with Crippen LogP contribution in [0.4, 0.5) is 17.5 Å². The van der Waals surface area contributed by atoms with Crippen LogP contribution in [0, 0.1) is 6.92 Å². The Bertz CT molecular complexity index is 573. The normalized spacial score (nSPS) is 10.3. The highest BCUT2D eigenvalue weighted by atomic mass is 79.9. The first kappa shape index (κ1) is 13.8. The van der Waals surface area contributed by atoms with E-state index in [1.54, 1.807) is 6.20 Å². The van der Waals surface area contributed by atoms with Crippen LogP contribution in [0.2, 0.25) is 0 Å². The summed E-state index contributed by atoms with van der Waals surface area (Å²) in [4.78, 5) is 10.6. The second-order valence-corrected chi connectivity index (χ2v) is 4.89. The number of para-hydroxylation sites is 1. The van der Waals surface area contributed by atoms with Crippen molar-refractivity contribution in [2.45, 2.75) is 13.8 Å². The van der Waals surface area contributed by atoms with Crippen LogP contribution >= 0.6 is 15.9 Å². The number of nitrogens with two attached hydrogens (primary N) is 1. The molecule has 0 aliphatic heterocycles. The number of nitrogens with zero attached hydrogens (tertiary/aromatic N) is 3. The molecule has 0 unspecified atom stereocenters. The lowest BCUT2D eigenvalue weighted by Gasteiger charge is -2.25. The van der Waals surface area contributed by atoms with Gasteiger partial charge in [-0.2, -0.15) is 4.98 Å². The lowest BCUT2D eigenvalue weighted by Crippen LogP contribution is -2.20. The predicted octanol–water partition coefficient (Wildman–Crippen LogP) is 2.99. The fourth-order valence-electron chi connectivity index (χ4n) is 1.92. The Kier molecular flexibility index (Phi) is 4.34. The molecule has 2 rings (SSSR count). The Morgan fingerprint density at radius 1 is 1.37 bits per heavy atom. The number of hydrogen-bond acceptors (Lipinski definition) is 5. The van der Waals surface area contributed by atoms with Gasteiger partial charge < -0.3 is 4.90 Å². The molecule has 0 saturated heterocycles. The molecule has 5 nitrogen and oxygen atoms in total. The van der Waals surface area contributed by atoms with Crippen LogP contribution in [-0.2, 0) is 0 Å². The first-order valence-electron chi connectivity index (χ1n) is 5.99. The van der Waals surface area contributed by atoms with Gasteiger partial charge in [0.05, 0.1) is 4.47 Å². The summed E-state index contributed by atoms with van der Waals surface area (Å²) in [6.45, 7) is 4.95. The summed E-state index contributed by atoms with van der Waals surface area (Å²) >= 11 is 3.49. The van der Waals surface area contributed by atoms with E-state index < -0.39 is 0 Å². The molecule has 0 spiro atoms. The fraction of sp³-hybridized carbons (Fsp3) is 0.231. The third-order valence-electron chi connectivity index (χ3n) is 2.83. The average Bonchev–Trinajstić information content (AvgIpc) is 2.43. The molecule has 0 amide bonds. The third-order valence-corrected chi connectivity index (χ3v) is 3.39. The highest BCUT2D eigenvalue weighted by Crippen LogP contribution is 2.32. The van der Waals surface area contributed by atoms with Crippen LogP contribution in [0.5, 0.6) is 0 Å². The van der Waals surface area contributed by atoms with E-state index in [1.165, 1.54) is 5.56 Å². The highest BCUT2D eigenvalue weighted by molar-refractivity contribution is 9.10. The Morgan fingerprint density at radius 3 is 2.74 bits per heavy atom. The van der Waals surface area contributed by atoms with E-state index in [0.717, 1.165) is 22.5 Å². The van der Waals surface area contributed by atoms with E-state index in [2.05, 4.69) is 62.2 Å². The number of nitrogen functional groups attached to an aromatic ring is 1. The number of anilines is 3. The highest BCUT2D eigenvalue weighted by Gasteiger charge is 2.15. The summed E-state index contributed by atoms with van der Waals surface area (Å²) < 4.78 is 0.830. The number of hydrazine groups is 1. The smallest absolute Gasteiger partial charge is 0.239 e. The molecule has 1 aromatic carbocycles. The van der Waals surface area contributed by atoms with Gasteiger partial charge >= 0.3 is 0 Å². The second kappa shape index (κ2) is 5.99. The van der Waals surface area contributed by atoms with Crippen molar-refractivity contribution in [1.82, 2.24) is 9.97 Å². The standard InChI is InChI=1S/C13H16BrN5/c1-3-19(11-7-5-4-6-9(11)2)12-10(14)8-16-13(17-12)18-15/h4-8H,3,15H2,1-2H3,(H,16,17,18). The Morgan fingerprint density at radius 2 is 2.11 bits per heavy atom. The molecule has 0 aliphatic rings. The molecule has 0 radical (unpaired) electrons. The lowest BCUT2D eigenvalue weighted by molar-refractivity contribution is 0.961. The predicted molar refractivity (Wildman–Crippen MR) is 81.4 cm³/mol. The van der Waals surface area contributed by atoms with Gasteiger partial charge in [0.15, 0.2) is 5.82 Å². The van der Waals surface area contributed by atoms with E-state index in [4.69, 9.17) is 5.84 Å². The van der Waals surface area contributed by atoms with Crippen LogP contribution in [0.25, 0.3) is 0 Å². The van der Waals surface area contributed by atoms with Crippen LogP contribution in [0.15, 0.2) is 34.9 Å². The monoisotopic (exact) mass is 321 g/mol. The van der Waals surface area contributed by atoms with Crippen molar-refractivity contribution in [3.63, 3.8) is 0 Å². The molecule has 0 aliphatic carbocycles. The molecule has 6 heteroatoms. The molecule has 0 saturated carbocycles. The molecule has 1 heterocycles. The summed E-state index contributed by atoms with van der Waals surface area (Å²) in [5.74, 6) is 6.56. The van der Waals surface area contributed by atoms with E-state index in [0.29, 0.717) is 5.95 Å². The molecule has 0 fully saturated rings. The van der Waals surface area contributed by atoms with Gasteiger partial charge in [0.25, 0.3) is 0 Å². The van der Waals surface area contributed by atoms with Gasteiger partial charge in [0, 0.05) is 18.4 Å². The van der Waals surface area contributed by atoms with E-state index in [-0.39, 0.29) is 0 Å². The number of nitrogens with one attached hydrogen (secondary N) is 1. The van der Waals surface area contributed by atoms with Gasteiger partial charge in [-0.15, -0.1) is 0 Å². The molecule has 0 bridgehead atoms. The molecule has 3 N–H and O–H groups in total. The SMILES string of the molecule is CCN(c1ccccc1C)c1nc(NN)ncc1Br. The van der Waals surface area contributed by atoms with Crippen molar-refractivity contribution < 1.29 is 0 Å². The van der Waals surface area contributed by atoms with Gasteiger partial charge in [-0.3, -0.25) is 5.43 Å². The lowest BCUT2D eigenvalue weighted by atomic mass is 10.2. The van der Waals surface area contributed by atoms with Crippen LogP contribution < -0.4 is 16.2 Å². The summed E-state index contributed by atoms with van der Waals surface area (Å²) in [7, 11) is 0. The van der Waals surface area contributed by atoms with E-state index in [1.807, 2.05) is 12.1 Å². The minimum Gasteiger partial charge on any atom is -0.325 e. The van der Waals surface area contributed by atoms with Gasteiger partial charge in [0.1, 0.15) is 0 Å². The van der Waals surface area contributed by atoms with Gasteiger partial charge in [-0.25, -0.2) is 10.8 Å². The van der Waals surface area contributed by atoms with E-state index >= 15 is 0 Å². The fourth-order valence-corrected chi connectivity index (χ4v) is 2.32. The minimum absolute atomic E-state index is 0.394. The largest absolute Gasteiger partial charge is 0.325 e. The molecule has 100 valence electrons. The van der Waals surface area contributed by atoms with Crippen molar-refractivity contribution in [2.24, 2.45) is 5.84 Å². The zero-order valence-corrected chi connectivity index (χ0v) is 12.5. The summed E-state index contributed by atoms with van der Waals surface area (Å²) in [6, 6.07) is 8.19. The van der Waals surface area contributed by atoms with Crippen molar-refractivity contribution in [3.8, 4) is 0 Å². The average molecular weight is 322 g/mol. The molecule has 2 aromatic rings. The Balaban J connectivity index is 2.51. The number of halogens is 1. The topological polar surface area (TPSA) is 67.1 Å². The maximum absolute atomic E-state index is 5.37. The number of rotatable bonds is 4. The molecule has 1 aromatic heterocycles. The summed E-state index contributed by atoms with van der Waals surface area (Å²) in [6.07, 6.45) is 1.69. The summed E-state index contributed by atoms with van der Waals surface area (Å²) in [5, 5.41) is 0. The van der Waals surface area contributed by atoms with Crippen LogP contribution in [0.3, 0.4) is 0 Å². The van der Waals surface area contributed by atoms with Gasteiger partial charge in [-0.05, 0) is 41.4 Å². The van der Waals surface area contributed by atoms with Crippen molar-refractivity contribution >= 4 is 33.4 Å². The number of aromatic nitrogens is 2. The second-order valence-electron chi connectivity index (χ2n) is 4.04. The Hall–Kier alpha value is -1.66. The number of hydrogen-bond donors (Lipinski definition) is 2. The van der Waals surface area contributed by atoms with Gasteiger partial charge in [-0.1, -0.05) is 18.2 Å². The number of benzene rings is 1.